The summed E-state index contributed by atoms with van der Waals surface area (Å²) in [5.74, 6) is -3.85. The zero-order valence-electron chi connectivity index (χ0n) is 19.3. The van der Waals surface area contributed by atoms with Gasteiger partial charge in [-0.1, -0.05) is 36.4 Å². The number of likely N-dealkylation sites (tertiary alicyclic amines) is 1. The molecule has 4 rings (SSSR count). The Bertz CT molecular complexity index is 1070. The highest BCUT2D eigenvalue weighted by atomic mass is 19.3. The summed E-state index contributed by atoms with van der Waals surface area (Å²) in [6.45, 7) is 3.79. The van der Waals surface area contributed by atoms with Gasteiger partial charge in [0.2, 0.25) is 0 Å². The molecule has 0 aromatic heterocycles. The maximum Gasteiger partial charge on any atom is 0.411 e. The second-order valence-corrected chi connectivity index (χ2v) is 9.59. The lowest BCUT2D eigenvalue weighted by Gasteiger charge is -2.37. The van der Waals surface area contributed by atoms with E-state index in [0.29, 0.717) is 12.0 Å². The number of nitrogens with zero attached hydrogens (tertiary/aromatic N) is 2. The molecular weight excluding hydrogens is 449 g/mol. The standard InChI is InChI=1S/C25H27F3N2O4/c1-24(2,3)34-22(31)29-14-20(25(27,28)15-29)33-23(32)30-13-12-16-6-4-5-7-19(16)21(30)17-8-10-18(26)11-9-17/h4-11,20-21H,12-15H2,1-3H3/t20?,21-/m0/s1. The van der Waals surface area contributed by atoms with E-state index in [0.717, 1.165) is 16.0 Å². The number of carbonyl (C=O) groups excluding carboxylic acids is 2. The zero-order valence-corrected chi connectivity index (χ0v) is 19.3. The number of benzene rings is 2. The third kappa shape index (κ3) is 4.98. The van der Waals surface area contributed by atoms with Gasteiger partial charge in [0.15, 0.2) is 6.10 Å². The average molecular weight is 476 g/mol. The summed E-state index contributed by atoms with van der Waals surface area (Å²) in [4.78, 5) is 27.7. The Labute approximate surface area is 196 Å². The molecule has 2 aliphatic heterocycles. The van der Waals surface area contributed by atoms with Gasteiger partial charge in [-0.3, -0.25) is 9.80 Å². The van der Waals surface area contributed by atoms with Gasteiger partial charge in [-0.15, -0.1) is 0 Å². The molecule has 182 valence electrons. The normalized spacial score (nSPS) is 21.7. The van der Waals surface area contributed by atoms with E-state index in [4.69, 9.17) is 9.47 Å². The van der Waals surface area contributed by atoms with Gasteiger partial charge in [-0.25, -0.2) is 22.8 Å². The molecule has 0 saturated carbocycles. The smallest absolute Gasteiger partial charge is 0.411 e. The summed E-state index contributed by atoms with van der Waals surface area (Å²) in [5, 5.41) is 0. The first kappa shape index (κ1) is 23.9. The monoisotopic (exact) mass is 476 g/mol. The first-order valence-corrected chi connectivity index (χ1v) is 11.1. The van der Waals surface area contributed by atoms with E-state index in [1.54, 1.807) is 32.9 Å². The fourth-order valence-electron chi connectivity index (χ4n) is 4.30. The first-order chi connectivity index (χ1) is 15.9. The first-order valence-electron chi connectivity index (χ1n) is 11.1. The van der Waals surface area contributed by atoms with Crippen LogP contribution < -0.4 is 0 Å². The second kappa shape index (κ2) is 8.85. The molecule has 1 fully saturated rings. The molecule has 0 aliphatic carbocycles. The summed E-state index contributed by atoms with van der Waals surface area (Å²) < 4.78 is 53.4. The summed E-state index contributed by atoms with van der Waals surface area (Å²) in [6, 6.07) is 12.6. The van der Waals surface area contributed by atoms with Crippen LogP contribution in [0.2, 0.25) is 0 Å². The number of ether oxygens (including phenoxy) is 2. The number of amides is 2. The van der Waals surface area contributed by atoms with Crippen molar-refractivity contribution in [2.75, 3.05) is 19.6 Å². The van der Waals surface area contributed by atoms with E-state index < -0.39 is 54.8 Å². The molecule has 6 nitrogen and oxygen atoms in total. The van der Waals surface area contributed by atoms with Crippen LogP contribution in [0, 0.1) is 5.82 Å². The van der Waals surface area contributed by atoms with Crippen LogP contribution in [0.25, 0.3) is 0 Å². The molecule has 1 saturated heterocycles. The lowest BCUT2D eigenvalue weighted by Crippen LogP contribution is -2.45. The molecule has 2 aliphatic rings. The lowest BCUT2D eigenvalue weighted by atomic mass is 9.88. The molecule has 2 atom stereocenters. The number of hydrogen-bond donors (Lipinski definition) is 0. The third-order valence-electron chi connectivity index (χ3n) is 5.86. The molecule has 0 bridgehead atoms. The van der Waals surface area contributed by atoms with Gasteiger partial charge in [0.25, 0.3) is 0 Å². The summed E-state index contributed by atoms with van der Waals surface area (Å²) >= 11 is 0. The number of halogens is 3. The van der Waals surface area contributed by atoms with Crippen molar-refractivity contribution in [2.24, 2.45) is 0 Å². The van der Waals surface area contributed by atoms with Crippen LogP contribution in [0.3, 0.4) is 0 Å². The van der Waals surface area contributed by atoms with E-state index in [2.05, 4.69) is 0 Å². The number of carbonyl (C=O) groups is 2. The van der Waals surface area contributed by atoms with Crippen LogP contribution in [0.15, 0.2) is 48.5 Å². The Balaban J connectivity index is 1.55. The quantitative estimate of drug-likeness (QED) is 0.601. The molecule has 0 spiro atoms. The van der Waals surface area contributed by atoms with Crippen LogP contribution in [0.1, 0.15) is 43.5 Å². The van der Waals surface area contributed by atoms with Crippen LogP contribution in [-0.2, 0) is 15.9 Å². The van der Waals surface area contributed by atoms with Gasteiger partial charge < -0.3 is 9.47 Å². The fourth-order valence-corrected chi connectivity index (χ4v) is 4.30. The second-order valence-electron chi connectivity index (χ2n) is 9.59. The number of alkyl halides is 2. The van der Waals surface area contributed by atoms with Crippen molar-refractivity contribution < 1.29 is 32.2 Å². The molecule has 0 radical (unpaired) electrons. The predicted molar refractivity (Wildman–Crippen MR) is 118 cm³/mol. The Morgan fingerprint density at radius 3 is 2.38 bits per heavy atom. The predicted octanol–water partition coefficient (Wildman–Crippen LogP) is 5.16. The molecular formula is C25H27F3N2O4. The summed E-state index contributed by atoms with van der Waals surface area (Å²) in [6.07, 6.45) is -3.09. The van der Waals surface area contributed by atoms with Gasteiger partial charge in [0, 0.05) is 6.54 Å². The van der Waals surface area contributed by atoms with Crippen molar-refractivity contribution in [3.05, 3.63) is 71.0 Å². The molecule has 34 heavy (non-hydrogen) atoms. The van der Waals surface area contributed by atoms with Gasteiger partial charge >= 0.3 is 18.1 Å². The maximum absolute atomic E-state index is 14.7. The Hall–Kier alpha value is -3.23. The lowest BCUT2D eigenvalue weighted by molar-refractivity contribution is -0.0854. The van der Waals surface area contributed by atoms with Crippen molar-refractivity contribution in [1.29, 1.82) is 0 Å². The molecule has 1 unspecified atom stereocenters. The largest absolute Gasteiger partial charge is 0.444 e. The summed E-state index contributed by atoms with van der Waals surface area (Å²) in [7, 11) is 0. The van der Waals surface area contributed by atoms with Gasteiger partial charge in [0.1, 0.15) is 11.4 Å². The minimum absolute atomic E-state index is 0.242. The SMILES string of the molecule is CC(C)(C)OC(=O)N1CC(OC(=O)N2CCc3ccccc3[C@@H]2c2ccc(F)cc2)C(F)(F)C1. The van der Waals surface area contributed by atoms with E-state index in [1.807, 2.05) is 24.3 Å². The van der Waals surface area contributed by atoms with Crippen LogP contribution in [0.4, 0.5) is 22.8 Å². The fraction of sp³-hybridized carbons (Fsp3) is 0.440. The molecule has 0 N–H and O–H groups in total. The van der Waals surface area contributed by atoms with E-state index >= 15 is 0 Å². The van der Waals surface area contributed by atoms with Crippen molar-refractivity contribution in [1.82, 2.24) is 9.80 Å². The maximum atomic E-state index is 14.7. The van der Waals surface area contributed by atoms with Crippen molar-refractivity contribution >= 4 is 12.2 Å². The molecule has 2 aromatic carbocycles. The molecule has 9 heteroatoms. The van der Waals surface area contributed by atoms with Crippen molar-refractivity contribution in [2.45, 2.75) is 50.9 Å². The van der Waals surface area contributed by atoms with Crippen molar-refractivity contribution in [3.63, 3.8) is 0 Å². The molecule has 2 amide bonds. The van der Waals surface area contributed by atoms with E-state index in [9.17, 15) is 22.8 Å². The third-order valence-corrected chi connectivity index (χ3v) is 5.86. The Morgan fingerprint density at radius 1 is 1.03 bits per heavy atom. The highest BCUT2D eigenvalue weighted by Gasteiger charge is 2.53. The van der Waals surface area contributed by atoms with Crippen LogP contribution in [0.5, 0.6) is 0 Å². The average Bonchev–Trinajstić information content (AvgIpc) is 3.06. The highest BCUT2D eigenvalue weighted by Crippen LogP contribution is 2.37. The minimum Gasteiger partial charge on any atom is -0.444 e. The molecule has 2 heterocycles. The molecule has 2 aromatic rings. The topological polar surface area (TPSA) is 59.1 Å². The summed E-state index contributed by atoms with van der Waals surface area (Å²) in [5.41, 5.74) is 1.64. The van der Waals surface area contributed by atoms with Gasteiger partial charge in [0.05, 0.1) is 19.1 Å². The highest BCUT2D eigenvalue weighted by molar-refractivity contribution is 5.71. The van der Waals surface area contributed by atoms with Crippen LogP contribution in [-0.4, -0.2) is 59.2 Å². The van der Waals surface area contributed by atoms with Gasteiger partial charge in [-0.05, 0) is 56.0 Å². The Kier molecular flexibility index (Phi) is 6.22. The van der Waals surface area contributed by atoms with E-state index in [1.165, 1.54) is 17.0 Å². The van der Waals surface area contributed by atoms with Gasteiger partial charge in [-0.2, -0.15) is 0 Å². The van der Waals surface area contributed by atoms with Crippen LogP contribution >= 0.6 is 0 Å². The zero-order chi connectivity index (χ0) is 24.7. The number of hydrogen-bond acceptors (Lipinski definition) is 4. The Morgan fingerprint density at radius 2 is 1.71 bits per heavy atom. The minimum atomic E-state index is -3.42. The number of fused-ring (bicyclic) bond motifs is 1. The van der Waals surface area contributed by atoms with E-state index in [-0.39, 0.29) is 6.54 Å². The number of rotatable bonds is 2. The van der Waals surface area contributed by atoms with Crippen molar-refractivity contribution in [3.8, 4) is 0 Å².